The highest BCUT2D eigenvalue weighted by Gasteiger charge is 2.36. The Bertz CT molecular complexity index is 799. The van der Waals surface area contributed by atoms with Crippen molar-refractivity contribution in [3.05, 3.63) is 12.2 Å². The van der Waals surface area contributed by atoms with Gasteiger partial charge >= 0.3 is 5.97 Å². The van der Waals surface area contributed by atoms with E-state index in [2.05, 4.69) is 15.6 Å². The van der Waals surface area contributed by atoms with Gasteiger partial charge in [-0.1, -0.05) is 12.2 Å². The number of aliphatic hydroxyl groups excluding tert-OH is 1. The predicted molar refractivity (Wildman–Crippen MR) is 129 cm³/mol. The molecule has 1 heterocycles. The minimum absolute atomic E-state index is 0.0806. The highest BCUT2D eigenvalue weighted by atomic mass is 16.4. The molecule has 0 saturated heterocycles. The Morgan fingerprint density at radius 1 is 1.11 bits per heavy atom. The lowest BCUT2D eigenvalue weighted by Gasteiger charge is -2.30. The second kappa shape index (κ2) is 14.9. The molecule has 35 heavy (non-hydrogen) atoms. The molecule has 12 N–H and O–H groups in total. The summed E-state index contributed by atoms with van der Waals surface area (Å²) in [7, 11) is 0. The van der Waals surface area contributed by atoms with E-state index in [9.17, 15) is 29.4 Å². The van der Waals surface area contributed by atoms with Crippen molar-refractivity contribution in [2.24, 2.45) is 27.9 Å². The molecule has 0 aliphatic carbocycles. The van der Waals surface area contributed by atoms with Gasteiger partial charge in [0.15, 0.2) is 5.96 Å². The molecule has 14 nitrogen and oxygen atoms in total. The number of nitrogens with one attached hydrogen (secondary N) is 2. The van der Waals surface area contributed by atoms with Crippen LogP contribution in [0, 0.1) is 0 Å². The van der Waals surface area contributed by atoms with Crippen LogP contribution in [0.5, 0.6) is 0 Å². The molecule has 1 aliphatic rings. The number of aliphatic carboxylic acids is 1. The van der Waals surface area contributed by atoms with Gasteiger partial charge < -0.3 is 48.7 Å². The number of nitrogens with two attached hydrogens (primary N) is 4. The molecule has 0 saturated carbocycles. The maximum Gasteiger partial charge on any atom is 0.326 e. The van der Waals surface area contributed by atoms with Gasteiger partial charge in [-0.3, -0.25) is 19.4 Å². The molecule has 5 atom stereocenters. The van der Waals surface area contributed by atoms with Gasteiger partial charge in [-0.15, -0.1) is 0 Å². The van der Waals surface area contributed by atoms with Gasteiger partial charge in [-0.05, 0) is 45.6 Å². The van der Waals surface area contributed by atoms with E-state index in [0.717, 1.165) is 0 Å². The summed E-state index contributed by atoms with van der Waals surface area (Å²) in [5.41, 5.74) is 21.7. The number of unbranched alkanes of at least 4 members (excludes halogenated alkanes) is 1. The van der Waals surface area contributed by atoms with E-state index >= 15 is 0 Å². The molecule has 14 heteroatoms. The first-order valence-corrected chi connectivity index (χ1v) is 11.5. The Kier molecular flexibility index (Phi) is 12.7. The van der Waals surface area contributed by atoms with Gasteiger partial charge in [0.2, 0.25) is 17.7 Å². The lowest BCUT2D eigenvalue weighted by molar-refractivity contribution is -0.144. The van der Waals surface area contributed by atoms with Crippen LogP contribution < -0.4 is 33.6 Å². The van der Waals surface area contributed by atoms with Crippen molar-refractivity contribution in [1.29, 1.82) is 0 Å². The zero-order chi connectivity index (χ0) is 26.5. The molecule has 1 aliphatic heterocycles. The van der Waals surface area contributed by atoms with Gasteiger partial charge in [0, 0.05) is 13.1 Å². The SMILES string of the molecule is C[C@H](O)[C@H](N)C(=O)N[C@H](CCCCN)C(=O)N1CC=C[C@H]1C(=O)N[C@@H](CCCN=C(N)N)C(=O)O. The van der Waals surface area contributed by atoms with Crippen LogP contribution in [0.2, 0.25) is 0 Å². The van der Waals surface area contributed by atoms with Gasteiger partial charge in [0.25, 0.3) is 0 Å². The normalized spacial score (nSPS) is 18.3. The second-order valence-corrected chi connectivity index (χ2v) is 8.32. The molecule has 0 unspecified atom stereocenters. The number of carboxylic acid groups (broad SMARTS) is 1. The molecular formula is C21H38N8O6. The number of aliphatic hydroxyl groups is 1. The fourth-order valence-corrected chi connectivity index (χ4v) is 3.43. The summed E-state index contributed by atoms with van der Waals surface area (Å²) in [5.74, 6) is -3.26. The minimum atomic E-state index is -1.23. The van der Waals surface area contributed by atoms with Crippen LogP contribution in [0.3, 0.4) is 0 Å². The molecule has 0 spiro atoms. The van der Waals surface area contributed by atoms with Crippen LogP contribution in [0.15, 0.2) is 17.1 Å². The number of nitrogens with zero attached hydrogens (tertiary/aromatic N) is 2. The number of carbonyl (C=O) groups is 4. The number of aliphatic imine (C=N–C) groups is 1. The van der Waals surface area contributed by atoms with Crippen molar-refractivity contribution in [2.45, 2.75) is 69.3 Å². The first-order chi connectivity index (χ1) is 16.5. The van der Waals surface area contributed by atoms with Crippen molar-refractivity contribution in [3.8, 4) is 0 Å². The van der Waals surface area contributed by atoms with Crippen LogP contribution in [0.1, 0.15) is 39.0 Å². The van der Waals surface area contributed by atoms with E-state index in [0.29, 0.717) is 25.8 Å². The molecule has 0 aromatic carbocycles. The summed E-state index contributed by atoms with van der Waals surface area (Å²) in [5, 5.41) is 24.1. The van der Waals surface area contributed by atoms with Gasteiger partial charge in [0.1, 0.15) is 24.2 Å². The van der Waals surface area contributed by atoms with Gasteiger partial charge in [-0.25, -0.2) is 4.79 Å². The lowest BCUT2D eigenvalue weighted by atomic mass is 10.1. The fraction of sp³-hybridized carbons (Fsp3) is 0.667. The standard InChI is InChI=1S/C21H38N8O6/c1-12(30)16(23)18(32)27-13(6-2-3-9-22)19(33)29-11-5-8-15(29)17(31)28-14(20(34)35)7-4-10-26-21(24)25/h5,8,12-16,30H,2-4,6-7,9-11,22-23H2,1H3,(H,27,32)(H,28,31)(H,34,35)(H4,24,25,26)/t12-,13+,14-,15-,16-/m0/s1. The Balaban J connectivity index is 2.90. The van der Waals surface area contributed by atoms with Crippen LogP contribution >= 0.6 is 0 Å². The largest absolute Gasteiger partial charge is 0.480 e. The molecule has 1 rings (SSSR count). The number of carboxylic acids is 1. The second-order valence-electron chi connectivity index (χ2n) is 8.32. The Morgan fingerprint density at radius 2 is 1.77 bits per heavy atom. The Labute approximate surface area is 204 Å². The highest BCUT2D eigenvalue weighted by Crippen LogP contribution is 2.15. The van der Waals surface area contributed by atoms with Crippen molar-refractivity contribution >= 4 is 29.7 Å². The molecule has 0 aromatic heterocycles. The van der Waals surface area contributed by atoms with Crippen molar-refractivity contribution < 1.29 is 29.4 Å². The number of hydrogen-bond acceptors (Lipinski definition) is 8. The molecule has 0 fully saturated rings. The summed E-state index contributed by atoms with van der Waals surface area (Å²) in [4.78, 5) is 55.2. The van der Waals surface area contributed by atoms with E-state index in [-0.39, 0.29) is 31.9 Å². The monoisotopic (exact) mass is 498 g/mol. The molecular weight excluding hydrogens is 460 g/mol. The maximum atomic E-state index is 13.3. The number of guanidine groups is 1. The predicted octanol–water partition coefficient (Wildman–Crippen LogP) is -3.30. The van der Waals surface area contributed by atoms with Crippen LogP contribution in [0.25, 0.3) is 0 Å². The smallest absolute Gasteiger partial charge is 0.326 e. The zero-order valence-corrected chi connectivity index (χ0v) is 19.9. The molecule has 0 aromatic rings. The fourth-order valence-electron chi connectivity index (χ4n) is 3.43. The number of amides is 3. The molecule has 0 bridgehead atoms. The Morgan fingerprint density at radius 3 is 2.34 bits per heavy atom. The van der Waals surface area contributed by atoms with Crippen LogP contribution in [0.4, 0.5) is 0 Å². The summed E-state index contributed by atoms with van der Waals surface area (Å²) >= 11 is 0. The zero-order valence-electron chi connectivity index (χ0n) is 19.9. The summed E-state index contributed by atoms with van der Waals surface area (Å²) < 4.78 is 0. The topological polar surface area (TPSA) is 252 Å². The van der Waals surface area contributed by atoms with Gasteiger partial charge in [0.05, 0.1) is 6.10 Å². The van der Waals surface area contributed by atoms with Gasteiger partial charge in [-0.2, -0.15) is 0 Å². The lowest BCUT2D eigenvalue weighted by Crippen LogP contribution is -2.58. The van der Waals surface area contributed by atoms with Crippen molar-refractivity contribution in [3.63, 3.8) is 0 Å². The highest BCUT2D eigenvalue weighted by molar-refractivity contribution is 5.95. The van der Waals surface area contributed by atoms with Crippen LogP contribution in [-0.2, 0) is 19.2 Å². The molecule has 3 amide bonds. The average Bonchev–Trinajstić information content (AvgIpc) is 3.29. The third kappa shape index (κ3) is 9.88. The van der Waals surface area contributed by atoms with E-state index in [1.54, 1.807) is 6.08 Å². The molecule has 0 radical (unpaired) electrons. The maximum absolute atomic E-state index is 13.3. The first-order valence-electron chi connectivity index (χ1n) is 11.5. The summed E-state index contributed by atoms with van der Waals surface area (Å²) in [6.45, 7) is 2.06. The molecule has 198 valence electrons. The minimum Gasteiger partial charge on any atom is -0.480 e. The third-order valence-electron chi connectivity index (χ3n) is 5.45. The van der Waals surface area contributed by atoms with Crippen LogP contribution in [-0.4, -0.2) is 94.7 Å². The van der Waals surface area contributed by atoms with E-state index in [1.807, 2.05) is 0 Å². The number of rotatable bonds is 15. The number of carbonyl (C=O) groups excluding carboxylic acids is 3. The average molecular weight is 499 g/mol. The summed E-state index contributed by atoms with van der Waals surface area (Å²) in [6.07, 6.45) is 3.77. The quantitative estimate of drug-likeness (QED) is 0.0483. The first kappa shape index (κ1) is 29.8. The van der Waals surface area contributed by atoms with E-state index in [1.165, 1.54) is 17.9 Å². The third-order valence-corrected chi connectivity index (χ3v) is 5.45. The van der Waals surface area contributed by atoms with E-state index < -0.39 is 54.0 Å². The van der Waals surface area contributed by atoms with Crippen molar-refractivity contribution in [2.75, 3.05) is 19.6 Å². The van der Waals surface area contributed by atoms with Crippen molar-refractivity contribution in [1.82, 2.24) is 15.5 Å². The number of hydrogen-bond donors (Lipinski definition) is 8. The Hall–Kier alpha value is -3.23. The summed E-state index contributed by atoms with van der Waals surface area (Å²) in [6, 6.07) is -4.48. The van der Waals surface area contributed by atoms with E-state index in [4.69, 9.17) is 22.9 Å².